The molecule has 0 aliphatic heterocycles. The van der Waals surface area contributed by atoms with Crippen LogP contribution in [0.4, 0.5) is 5.69 Å². The fourth-order valence-corrected chi connectivity index (χ4v) is 2.79. The molecule has 0 unspecified atom stereocenters. The highest BCUT2D eigenvalue weighted by Gasteiger charge is 2.25. The van der Waals surface area contributed by atoms with Crippen molar-refractivity contribution >= 4 is 23.7 Å². The molecule has 5 heteroatoms. The number of nitrogens with one attached hydrogen (secondary N) is 1. The molecular formula is C18H20N2O3. The van der Waals surface area contributed by atoms with Crippen LogP contribution in [0.5, 0.6) is 0 Å². The highest BCUT2D eigenvalue weighted by molar-refractivity contribution is 5.93. The molecule has 23 heavy (non-hydrogen) atoms. The topological polar surface area (TPSA) is 75.4 Å². The van der Waals surface area contributed by atoms with E-state index < -0.39 is 0 Å². The zero-order valence-electron chi connectivity index (χ0n) is 12.8. The lowest BCUT2D eigenvalue weighted by molar-refractivity contribution is -0.121. The summed E-state index contributed by atoms with van der Waals surface area (Å²) in [4.78, 5) is 16.3. The maximum atomic E-state index is 12.3. The zero-order valence-corrected chi connectivity index (χ0v) is 12.8. The lowest BCUT2D eigenvalue weighted by atomic mass is 9.87. The van der Waals surface area contributed by atoms with Crippen molar-refractivity contribution < 1.29 is 14.3 Å². The molecule has 1 aromatic carbocycles. The lowest BCUT2D eigenvalue weighted by Crippen LogP contribution is -2.28. The van der Waals surface area contributed by atoms with Gasteiger partial charge in [-0.05, 0) is 49.5 Å². The van der Waals surface area contributed by atoms with E-state index in [0.717, 1.165) is 24.1 Å². The second kappa shape index (κ2) is 7.24. The van der Waals surface area contributed by atoms with Gasteiger partial charge in [0.2, 0.25) is 11.8 Å². The molecule has 0 spiro atoms. The molecule has 1 heterocycles. The Morgan fingerprint density at radius 2 is 2.09 bits per heavy atom. The molecule has 0 radical (unpaired) electrons. The standard InChI is InChI=1S/C18H20N2O3/c21-16-7-5-14(6-8-16)18(22)20-15-3-1-2-13(12-15)4-9-17-19-10-11-23-17/h1-4,9-12,14,16,21H,5-8H2,(H,20,22)/b9-4+. The predicted octanol–water partition coefficient (Wildman–Crippen LogP) is 3.33. The van der Waals surface area contributed by atoms with E-state index >= 15 is 0 Å². The Kier molecular flexibility index (Phi) is 4.88. The molecule has 120 valence electrons. The number of rotatable bonds is 4. The molecular weight excluding hydrogens is 292 g/mol. The second-order valence-corrected chi connectivity index (χ2v) is 5.82. The van der Waals surface area contributed by atoms with Gasteiger partial charge in [0.15, 0.2) is 0 Å². The molecule has 2 N–H and O–H groups in total. The van der Waals surface area contributed by atoms with Crippen LogP contribution in [-0.4, -0.2) is 22.1 Å². The number of aliphatic hydroxyl groups is 1. The van der Waals surface area contributed by atoms with Crippen LogP contribution in [0.15, 0.2) is 41.1 Å². The van der Waals surface area contributed by atoms with Gasteiger partial charge in [0.1, 0.15) is 6.26 Å². The van der Waals surface area contributed by atoms with Crippen molar-refractivity contribution in [3.05, 3.63) is 48.2 Å². The SMILES string of the molecule is O=C(Nc1cccc(/C=C/c2ncco2)c1)C1CCC(O)CC1. The van der Waals surface area contributed by atoms with Gasteiger partial charge in [0.25, 0.3) is 0 Å². The van der Waals surface area contributed by atoms with Crippen molar-refractivity contribution in [2.75, 3.05) is 5.32 Å². The summed E-state index contributed by atoms with van der Waals surface area (Å²) in [5, 5.41) is 12.5. The van der Waals surface area contributed by atoms with Crippen LogP contribution in [0, 0.1) is 5.92 Å². The molecule has 1 aliphatic carbocycles. The summed E-state index contributed by atoms with van der Waals surface area (Å²) in [7, 11) is 0. The smallest absolute Gasteiger partial charge is 0.227 e. The zero-order chi connectivity index (χ0) is 16.1. The van der Waals surface area contributed by atoms with Crippen LogP contribution >= 0.6 is 0 Å². The third kappa shape index (κ3) is 4.29. The van der Waals surface area contributed by atoms with Gasteiger partial charge >= 0.3 is 0 Å². The van der Waals surface area contributed by atoms with Crippen LogP contribution in [0.3, 0.4) is 0 Å². The number of aliphatic hydroxyl groups excluding tert-OH is 1. The third-order valence-corrected chi connectivity index (χ3v) is 4.09. The van der Waals surface area contributed by atoms with Crippen molar-refractivity contribution in [1.82, 2.24) is 4.98 Å². The minimum atomic E-state index is -0.247. The van der Waals surface area contributed by atoms with Crippen LogP contribution in [0.1, 0.15) is 37.1 Å². The van der Waals surface area contributed by atoms with Crippen molar-refractivity contribution in [3.63, 3.8) is 0 Å². The molecule has 0 saturated heterocycles. The number of hydrogen-bond donors (Lipinski definition) is 2. The van der Waals surface area contributed by atoms with Crippen molar-refractivity contribution in [3.8, 4) is 0 Å². The first-order valence-electron chi connectivity index (χ1n) is 7.87. The fourth-order valence-electron chi connectivity index (χ4n) is 2.79. The summed E-state index contributed by atoms with van der Waals surface area (Å²) < 4.78 is 5.15. The number of carbonyl (C=O) groups excluding carboxylic acids is 1. The van der Waals surface area contributed by atoms with Gasteiger partial charge in [-0.3, -0.25) is 4.79 Å². The predicted molar refractivity (Wildman–Crippen MR) is 88.5 cm³/mol. The largest absolute Gasteiger partial charge is 0.445 e. The van der Waals surface area contributed by atoms with Crippen LogP contribution in [0.2, 0.25) is 0 Å². The number of hydrogen-bond acceptors (Lipinski definition) is 4. The Hall–Kier alpha value is -2.40. The summed E-state index contributed by atoms with van der Waals surface area (Å²) in [5.74, 6) is 0.566. The Morgan fingerprint density at radius 1 is 1.26 bits per heavy atom. The van der Waals surface area contributed by atoms with E-state index in [1.807, 2.05) is 30.3 Å². The van der Waals surface area contributed by atoms with E-state index in [0.29, 0.717) is 18.7 Å². The average Bonchev–Trinajstić information content (AvgIpc) is 3.07. The molecule has 2 aromatic rings. The minimum Gasteiger partial charge on any atom is -0.445 e. The summed E-state index contributed by atoms with van der Waals surface area (Å²) in [5.41, 5.74) is 1.73. The van der Waals surface area contributed by atoms with Gasteiger partial charge in [0, 0.05) is 17.7 Å². The molecule has 1 aromatic heterocycles. The number of benzene rings is 1. The maximum absolute atomic E-state index is 12.3. The average molecular weight is 312 g/mol. The molecule has 5 nitrogen and oxygen atoms in total. The van der Waals surface area contributed by atoms with Gasteiger partial charge in [-0.25, -0.2) is 4.98 Å². The molecule has 1 aliphatic rings. The first kappa shape index (κ1) is 15.5. The van der Waals surface area contributed by atoms with Gasteiger partial charge in [-0.2, -0.15) is 0 Å². The van der Waals surface area contributed by atoms with Crippen LogP contribution < -0.4 is 5.32 Å². The number of nitrogens with zero attached hydrogens (tertiary/aromatic N) is 1. The first-order valence-corrected chi connectivity index (χ1v) is 7.87. The molecule has 0 bridgehead atoms. The number of oxazole rings is 1. The summed E-state index contributed by atoms with van der Waals surface area (Å²) in [6.07, 6.45) is 9.45. The van der Waals surface area contributed by atoms with E-state index in [-0.39, 0.29) is 17.9 Å². The van der Waals surface area contributed by atoms with Crippen molar-refractivity contribution in [2.24, 2.45) is 5.92 Å². The Balaban J connectivity index is 1.62. The highest BCUT2D eigenvalue weighted by Crippen LogP contribution is 2.25. The molecule has 1 amide bonds. The van der Waals surface area contributed by atoms with Crippen molar-refractivity contribution in [1.29, 1.82) is 0 Å². The molecule has 0 atom stereocenters. The first-order chi connectivity index (χ1) is 11.2. The monoisotopic (exact) mass is 312 g/mol. The van der Waals surface area contributed by atoms with E-state index in [1.54, 1.807) is 12.3 Å². The molecule has 1 fully saturated rings. The number of aromatic nitrogens is 1. The van der Waals surface area contributed by atoms with E-state index in [4.69, 9.17) is 4.42 Å². The highest BCUT2D eigenvalue weighted by atomic mass is 16.3. The summed E-state index contributed by atoms with van der Waals surface area (Å²) in [6, 6.07) is 7.63. The number of amides is 1. The van der Waals surface area contributed by atoms with E-state index in [2.05, 4.69) is 10.3 Å². The van der Waals surface area contributed by atoms with Gasteiger partial charge in [-0.1, -0.05) is 12.1 Å². The maximum Gasteiger partial charge on any atom is 0.227 e. The molecule has 3 rings (SSSR count). The van der Waals surface area contributed by atoms with Gasteiger partial charge in [-0.15, -0.1) is 0 Å². The summed E-state index contributed by atoms with van der Waals surface area (Å²) in [6.45, 7) is 0. The lowest BCUT2D eigenvalue weighted by Gasteiger charge is -2.24. The van der Waals surface area contributed by atoms with Gasteiger partial charge < -0.3 is 14.8 Å². The second-order valence-electron chi connectivity index (χ2n) is 5.82. The van der Waals surface area contributed by atoms with Crippen LogP contribution in [0.25, 0.3) is 12.2 Å². The van der Waals surface area contributed by atoms with E-state index in [1.165, 1.54) is 6.26 Å². The fraction of sp³-hybridized carbons (Fsp3) is 0.333. The van der Waals surface area contributed by atoms with Crippen molar-refractivity contribution in [2.45, 2.75) is 31.8 Å². The Morgan fingerprint density at radius 3 is 2.83 bits per heavy atom. The van der Waals surface area contributed by atoms with Gasteiger partial charge in [0.05, 0.1) is 12.3 Å². The molecule has 1 saturated carbocycles. The number of anilines is 1. The summed E-state index contributed by atoms with van der Waals surface area (Å²) >= 11 is 0. The van der Waals surface area contributed by atoms with Crippen LogP contribution in [-0.2, 0) is 4.79 Å². The quantitative estimate of drug-likeness (QED) is 0.908. The Bertz CT molecular complexity index is 671. The Labute approximate surface area is 135 Å². The minimum absolute atomic E-state index is 0.00934. The number of carbonyl (C=O) groups is 1. The third-order valence-electron chi connectivity index (χ3n) is 4.09. The van der Waals surface area contributed by atoms with E-state index in [9.17, 15) is 9.90 Å². The normalized spacial score (nSPS) is 21.4.